The van der Waals surface area contributed by atoms with Crippen LogP contribution in [0.1, 0.15) is 11.5 Å². The molecule has 3 aromatic heterocycles. The third-order valence-corrected chi connectivity index (χ3v) is 8.43. The Kier molecular flexibility index (Phi) is 8.61. The van der Waals surface area contributed by atoms with Crippen molar-refractivity contribution in [3.8, 4) is 10.7 Å². The van der Waals surface area contributed by atoms with Crippen molar-refractivity contribution in [3.05, 3.63) is 50.8 Å². The molecule has 18 heteroatoms. The molecule has 0 radical (unpaired) electrons. The minimum atomic E-state index is -1.55. The number of rotatable bonds is 7. The number of nitrogen functional groups attached to an aromatic ring is 1. The van der Waals surface area contributed by atoms with Crippen molar-refractivity contribution in [2.45, 2.75) is 11.4 Å². The minimum Gasteiger partial charge on any atom is -0.543 e. The average Bonchev–Trinajstić information content (AvgIpc) is 3.62. The predicted molar refractivity (Wildman–Crippen MR) is 134 cm³/mol. The van der Waals surface area contributed by atoms with E-state index in [1.165, 1.54) is 35.3 Å². The first-order valence-electron chi connectivity index (χ1n) is 10.2. The maximum atomic E-state index is 12.9. The van der Waals surface area contributed by atoms with E-state index in [1.54, 1.807) is 17.6 Å². The SMILES string of the molecule is Nc1nc(/C(=N/O)C(=O)N[C@@H]2C(=O)N3C(C(=O)[O-])=C(/C=C\c4cc(-c5nccs5)no4)CS[C@H]23)c(Cl)s1.[Na+]. The Hall–Kier alpha value is -2.73. The van der Waals surface area contributed by atoms with E-state index < -0.39 is 34.9 Å². The van der Waals surface area contributed by atoms with E-state index in [2.05, 4.69) is 25.6 Å². The van der Waals surface area contributed by atoms with Gasteiger partial charge in [0.15, 0.2) is 16.6 Å². The number of nitrogens with zero attached hydrogens (tertiary/aromatic N) is 5. The molecule has 0 spiro atoms. The smallest absolute Gasteiger partial charge is 0.543 e. The summed E-state index contributed by atoms with van der Waals surface area (Å²) in [4.78, 5) is 46.6. The number of hydrogen-bond acceptors (Lipinski definition) is 14. The first kappa shape index (κ1) is 28.3. The number of nitrogens with two attached hydrogens (primary N) is 1. The number of carbonyl (C=O) groups excluding carboxylic acids is 3. The number of halogens is 1. The summed E-state index contributed by atoms with van der Waals surface area (Å²) in [7, 11) is 0. The van der Waals surface area contributed by atoms with Gasteiger partial charge < -0.3 is 30.7 Å². The molecular weight excluding hydrogens is 589 g/mol. The van der Waals surface area contributed by atoms with Crippen LogP contribution < -0.4 is 45.7 Å². The van der Waals surface area contributed by atoms with Crippen LogP contribution in [0.3, 0.4) is 0 Å². The van der Waals surface area contributed by atoms with E-state index in [0.717, 1.165) is 16.2 Å². The van der Waals surface area contributed by atoms with E-state index in [4.69, 9.17) is 21.9 Å². The summed E-state index contributed by atoms with van der Waals surface area (Å²) in [5, 5.41) is 32.4. The van der Waals surface area contributed by atoms with Gasteiger partial charge in [0.2, 0.25) is 0 Å². The van der Waals surface area contributed by atoms with Crippen LogP contribution in [0.4, 0.5) is 5.13 Å². The van der Waals surface area contributed by atoms with Gasteiger partial charge in [-0.3, -0.25) is 14.5 Å². The molecule has 2 atom stereocenters. The van der Waals surface area contributed by atoms with Crippen molar-refractivity contribution in [1.82, 2.24) is 25.3 Å². The number of β-lactam (4-membered cyclic amide) rings is 1. The van der Waals surface area contributed by atoms with Crippen molar-refractivity contribution in [1.29, 1.82) is 0 Å². The van der Waals surface area contributed by atoms with Gasteiger partial charge in [-0.25, -0.2) is 9.97 Å². The second kappa shape index (κ2) is 11.6. The third-order valence-electron chi connectivity index (χ3n) is 5.25. The van der Waals surface area contributed by atoms with Crippen LogP contribution in [0.2, 0.25) is 4.34 Å². The second-order valence-electron chi connectivity index (χ2n) is 7.43. The van der Waals surface area contributed by atoms with E-state index in [1.807, 2.05) is 0 Å². The van der Waals surface area contributed by atoms with E-state index >= 15 is 0 Å². The minimum absolute atomic E-state index is 0. The molecule has 1 saturated heterocycles. The Morgan fingerprint density at radius 2 is 2.18 bits per heavy atom. The fourth-order valence-electron chi connectivity index (χ4n) is 3.63. The molecule has 0 aliphatic carbocycles. The Labute approximate surface area is 252 Å². The number of carboxylic acid groups (broad SMARTS) is 1. The van der Waals surface area contributed by atoms with Crippen molar-refractivity contribution in [2.75, 3.05) is 11.5 Å². The predicted octanol–water partition coefficient (Wildman–Crippen LogP) is -2.21. The molecule has 2 aliphatic rings. The number of carboxylic acids is 1. The number of nitrogens with one attached hydrogen (secondary N) is 1. The van der Waals surface area contributed by atoms with Gasteiger partial charge in [-0.15, -0.1) is 23.1 Å². The van der Waals surface area contributed by atoms with Crippen molar-refractivity contribution >= 4 is 80.7 Å². The summed E-state index contributed by atoms with van der Waals surface area (Å²) < 4.78 is 5.28. The second-order valence-corrected chi connectivity index (χ2v) is 11.1. The number of carbonyl (C=O) groups is 3. The van der Waals surface area contributed by atoms with Crippen molar-refractivity contribution in [2.24, 2.45) is 5.16 Å². The number of thiazole rings is 2. The summed E-state index contributed by atoms with van der Waals surface area (Å²) in [6.07, 6.45) is 4.67. The van der Waals surface area contributed by atoms with Gasteiger partial charge in [-0.1, -0.05) is 39.3 Å². The van der Waals surface area contributed by atoms with Gasteiger partial charge >= 0.3 is 29.6 Å². The zero-order valence-corrected chi connectivity index (χ0v) is 24.4. The van der Waals surface area contributed by atoms with Crippen LogP contribution in [0.5, 0.6) is 0 Å². The van der Waals surface area contributed by atoms with Crippen molar-refractivity contribution in [3.63, 3.8) is 0 Å². The molecule has 3 aromatic rings. The fourth-order valence-corrected chi connectivity index (χ4v) is 6.47. The maximum absolute atomic E-state index is 12.9. The van der Waals surface area contributed by atoms with Crippen LogP contribution in [-0.2, 0) is 14.4 Å². The van der Waals surface area contributed by atoms with Crippen LogP contribution in [0.15, 0.2) is 44.7 Å². The summed E-state index contributed by atoms with van der Waals surface area (Å²) in [5.41, 5.74) is 5.42. The number of fused-ring (bicyclic) bond motifs is 1. The van der Waals surface area contributed by atoms with Crippen LogP contribution in [-0.4, -0.2) is 65.9 Å². The molecule has 0 saturated carbocycles. The Morgan fingerprint density at radius 3 is 2.82 bits per heavy atom. The molecule has 4 N–H and O–H groups in total. The zero-order valence-electron chi connectivity index (χ0n) is 19.2. The molecule has 5 rings (SSSR count). The maximum Gasteiger partial charge on any atom is 1.00 e. The number of amides is 2. The summed E-state index contributed by atoms with van der Waals surface area (Å²) in [5.74, 6) is -2.60. The number of oxime groups is 1. The first-order valence-corrected chi connectivity index (χ1v) is 13.3. The molecule has 190 valence electrons. The molecule has 0 aromatic carbocycles. The molecule has 2 amide bonds. The third kappa shape index (κ3) is 5.25. The molecule has 5 heterocycles. The molecule has 2 aliphatic heterocycles. The van der Waals surface area contributed by atoms with E-state index in [9.17, 15) is 24.7 Å². The fraction of sp³-hybridized carbons (Fsp3) is 0.150. The molecule has 0 bridgehead atoms. The van der Waals surface area contributed by atoms with Crippen LogP contribution >= 0.6 is 46.0 Å². The Morgan fingerprint density at radius 1 is 1.39 bits per heavy atom. The summed E-state index contributed by atoms with van der Waals surface area (Å²) >= 11 is 9.48. The number of allylic oxidation sites excluding steroid dienone is 1. The number of aromatic nitrogens is 3. The average molecular weight is 602 g/mol. The van der Waals surface area contributed by atoms with Gasteiger partial charge in [-0.05, 0) is 11.6 Å². The van der Waals surface area contributed by atoms with Crippen molar-refractivity contribution < 1.29 is 58.8 Å². The van der Waals surface area contributed by atoms with E-state index in [0.29, 0.717) is 22.0 Å². The molecule has 38 heavy (non-hydrogen) atoms. The largest absolute Gasteiger partial charge is 1.00 e. The van der Waals surface area contributed by atoms with Gasteiger partial charge in [0.1, 0.15) is 32.1 Å². The summed E-state index contributed by atoms with van der Waals surface area (Å²) in [6, 6.07) is 0.565. The van der Waals surface area contributed by atoms with Gasteiger partial charge in [0.05, 0.1) is 11.7 Å². The molecular formula is C20H13ClN7NaO6S3. The normalized spacial score (nSPS) is 19.2. The molecule has 1 fully saturated rings. The Bertz CT molecular complexity index is 1500. The van der Waals surface area contributed by atoms with Gasteiger partial charge in [-0.2, -0.15) is 0 Å². The Balaban J connectivity index is 0.00000336. The van der Waals surface area contributed by atoms with Crippen LogP contribution in [0, 0.1) is 0 Å². The molecule has 0 unspecified atom stereocenters. The number of anilines is 1. The van der Waals surface area contributed by atoms with Crippen LogP contribution in [0.25, 0.3) is 16.8 Å². The monoisotopic (exact) mass is 601 g/mol. The topological polar surface area (TPSA) is 200 Å². The first-order chi connectivity index (χ1) is 17.8. The van der Waals surface area contributed by atoms with Gasteiger partial charge in [0, 0.05) is 23.4 Å². The standard InChI is InChI=1S/C20H14ClN7O6S3.Na/c21-14-10(25-20(22)37-14)11(26-33)15(29)24-12-17(30)28-13(19(31)32)7(6-36-18(12)28)1-2-8-5-9(27-34-8)16-23-3-4-35-16;/h1-5,12,18,33H,6H2,(H2,22,25)(H,24,29)(H,31,32);/q;+1/p-1/b2-1-,26-11-;/t12-,18-;/m1./s1. The molecule has 13 nitrogen and oxygen atoms in total. The van der Waals surface area contributed by atoms with E-state index in [-0.39, 0.29) is 56.2 Å². The zero-order chi connectivity index (χ0) is 26.3. The van der Waals surface area contributed by atoms with Gasteiger partial charge in [0.25, 0.3) is 11.8 Å². The quantitative estimate of drug-likeness (QED) is 0.0871. The number of hydrogen-bond donors (Lipinski definition) is 3. The summed E-state index contributed by atoms with van der Waals surface area (Å²) in [6.45, 7) is 0. The number of aliphatic carboxylic acids is 1. The number of thioether (sulfide) groups is 1.